The summed E-state index contributed by atoms with van der Waals surface area (Å²) in [4.78, 5) is 14.6. The summed E-state index contributed by atoms with van der Waals surface area (Å²) in [5, 5.41) is 6.66. The molecule has 26 heavy (non-hydrogen) atoms. The van der Waals surface area contributed by atoms with Crippen molar-refractivity contribution in [3.05, 3.63) is 46.8 Å². The number of piperidine rings is 1. The van der Waals surface area contributed by atoms with Crippen LogP contribution >= 0.6 is 0 Å². The van der Waals surface area contributed by atoms with Crippen molar-refractivity contribution in [3.63, 3.8) is 0 Å². The van der Waals surface area contributed by atoms with Crippen LogP contribution in [0.15, 0.2) is 29.2 Å². The van der Waals surface area contributed by atoms with E-state index in [1.807, 2.05) is 31.2 Å². The van der Waals surface area contributed by atoms with Crippen LogP contribution in [0.4, 0.5) is 0 Å². The summed E-state index contributed by atoms with van der Waals surface area (Å²) < 4.78 is 28.0. The third-order valence-corrected chi connectivity index (χ3v) is 6.51. The Labute approximate surface area is 153 Å². The van der Waals surface area contributed by atoms with Crippen molar-refractivity contribution in [1.29, 1.82) is 0 Å². The van der Waals surface area contributed by atoms with Crippen LogP contribution in [0.3, 0.4) is 0 Å². The first-order valence-electron chi connectivity index (χ1n) is 8.68. The molecular formula is C18H24N4O3S. The number of sulfonamides is 1. The maximum Gasteiger partial charge on any atom is 0.253 e. The molecule has 0 aliphatic carbocycles. The highest BCUT2D eigenvalue weighted by molar-refractivity contribution is 7.89. The van der Waals surface area contributed by atoms with Gasteiger partial charge in [-0.15, -0.1) is 0 Å². The molecule has 0 saturated carbocycles. The third kappa shape index (κ3) is 3.81. The van der Waals surface area contributed by atoms with Gasteiger partial charge in [0, 0.05) is 24.7 Å². The molecule has 1 aliphatic heterocycles. The highest BCUT2D eigenvalue weighted by atomic mass is 32.2. The van der Waals surface area contributed by atoms with Crippen LogP contribution in [0.1, 0.15) is 40.2 Å². The number of benzene rings is 1. The van der Waals surface area contributed by atoms with Gasteiger partial charge in [0.15, 0.2) is 0 Å². The van der Waals surface area contributed by atoms with Gasteiger partial charge in [0.1, 0.15) is 4.90 Å². The number of nitrogens with zero attached hydrogens (tertiary/aromatic N) is 2. The topological polar surface area (TPSA) is 95.2 Å². The predicted molar refractivity (Wildman–Crippen MR) is 98.5 cm³/mol. The second-order valence-corrected chi connectivity index (χ2v) is 8.47. The number of aryl methyl sites for hydroxylation is 3. The second-order valence-electron chi connectivity index (χ2n) is 6.82. The van der Waals surface area contributed by atoms with E-state index in [9.17, 15) is 13.2 Å². The Balaban J connectivity index is 1.62. The van der Waals surface area contributed by atoms with Crippen molar-refractivity contribution >= 4 is 15.9 Å². The van der Waals surface area contributed by atoms with Crippen LogP contribution in [0.5, 0.6) is 0 Å². The highest BCUT2D eigenvalue weighted by Gasteiger charge is 2.29. The lowest BCUT2D eigenvalue weighted by Gasteiger charge is -2.32. The highest BCUT2D eigenvalue weighted by Crippen LogP contribution is 2.20. The van der Waals surface area contributed by atoms with E-state index >= 15 is 0 Å². The Morgan fingerprint density at radius 1 is 1.15 bits per heavy atom. The van der Waals surface area contributed by atoms with Gasteiger partial charge in [-0.25, -0.2) is 13.1 Å². The summed E-state index contributed by atoms with van der Waals surface area (Å²) >= 11 is 0. The first-order chi connectivity index (χ1) is 12.3. The fraction of sp³-hybridized carbons (Fsp3) is 0.444. The molecule has 0 spiro atoms. The van der Waals surface area contributed by atoms with Gasteiger partial charge in [-0.1, -0.05) is 17.7 Å². The number of hydrogen-bond donors (Lipinski definition) is 2. The zero-order chi connectivity index (χ0) is 18.9. The summed E-state index contributed by atoms with van der Waals surface area (Å²) in [5.74, 6) is -0.00664. The molecular weight excluding hydrogens is 352 g/mol. The Bertz CT molecular complexity index is 876. The molecule has 8 heteroatoms. The smallest absolute Gasteiger partial charge is 0.253 e. The molecule has 0 unspecified atom stereocenters. The molecule has 1 aliphatic rings. The van der Waals surface area contributed by atoms with Crippen molar-refractivity contribution in [2.24, 2.45) is 0 Å². The van der Waals surface area contributed by atoms with Crippen LogP contribution in [-0.2, 0) is 10.0 Å². The molecule has 0 radical (unpaired) electrons. The van der Waals surface area contributed by atoms with Crippen molar-refractivity contribution < 1.29 is 13.2 Å². The molecule has 0 bridgehead atoms. The lowest BCUT2D eigenvalue weighted by Crippen LogP contribution is -2.46. The van der Waals surface area contributed by atoms with E-state index < -0.39 is 10.0 Å². The predicted octanol–water partition coefficient (Wildman–Crippen LogP) is 1.92. The molecule has 7 nitrogen and oxygen atoms in total. The number of hydrogen-bond acceptors (Lipinski definition) is 4. The van der Waals surface area contributed by atoms with Gasteiger partial charge in [0.25, 0.3) is 5.91 Å². The van der Waals surface area contributed by atoms with Crippen molar-refractivity contribution in [2.45, 2.75) is 44.6 Å². The van der Waals surface area contributed by atoms with Crippen LogP contribution < -0.4 is 4.72 Å². The summed E-state index contributed by atoms with van der Waals surface area (Å²) in [6.07, 6.45) is 1.18. The molecule has 1 amide bonds. The summed E-state index contributed by atoms with van der Waals surface area (Å²) in [6.45, 7) is 6.40. The summed E-state index contributed by atoms with van der Waals surface area (Å²) in [6, 6.07) is 7.32. The van der Waals surface area contributed by atoms with Crippen LogP contribution in [0, 0.1) is 20.8 Å². The van der Waals surface area contributed by atoms with Gasteiger partial charge in [-0.3, -0.25) is 9.89 Å². The minimum atomic E-state index is -3.62. The molecule has 2 N–H and O–H groups in total. The summed E-state index contributed by atoms with van der Waals surface area (Å²) in [7, 11) is -3.62. The summed E-state index contributed by atoms with van der Waals surface area (Å²) in [5.41, 5.74) is 2.77. The average Bonchev–Trinajstić information content (AvgIpc) is 2.95. The van der Waals surface area contributed by atoms with Gasteiger partial charge < -0.3 is 4.90 Å². The zero-order valence-electron chi connectivity index (χ0n) is 15.2. The second kappa shape index (κ2) is 7.20. The Morgan fingerprint density at radius 2 is 1.77 bits per heavy atom. The lowest BCUT2D eigenvalue weighted by molar-refractivity contribution is 0.0711. The van der Waals surface area contributed by atoms with E-state index in [2.05, 4.69) is 14.9 Å². The Hall–Kier alpha value is -2.19. The number of rotatable bonds is 4. The zero-order valence-corrected chi connectivity index (χ0v) is 16.1. The van der Waals surface area contributed by atoms with E-state index in [-0.39, 0.29) is 16.8 Å². The van der Waals surface area contributed by atoms with Gasteiger partial charge >= 0.3 is 0 Å². The first kappa shape index (κ1) is 18.6. The molecule has 2 aromatic rings. The normalized spacial score (nSPS) is 16.0. The molecule has 1 saturated heterocycles. The van der Waals surface area contributed by atoms with Gasteiger partial charge in [-0.05, 0) is 45.7 Å². The number of nitrogens with one attached hydrogen (secondary N) is 2. The molecule has 140 valence electrons. The maximum atomic E-state index is 12.6. The molecule has 2 heterocycles. The standard InChI is InChI=1S/C18H24N4O3S/c1-12-4-6-15(7-5-12)18(23)22-10-8-16(9-11-22)21-26(24,25)17-13(2)19-20-14(17)3/h4-7,16,21H,8-11H2,1-3H3,(H,19,20). The van der Waals surface area contributed by atoms with Crippen LogP contribution in [0.25, 0.3) is 0 Å². The fourth-order valence-corrected chi connectivity index (χ4v) is 4.97. The van der Waals surface area contributed by atoms with E-state index in [4.69, 9.17) is 0 Å². The Kier molecular flexibility index (Phi) is 5.15. The number of aromatic amines is 1. The van der Waals surface area contributed by atoms with Crippen molar-refractivity contribution in [1.82, 2.24) is 19.8 Å². The number of amides is 1. The van der Waals surface area contributed by atoms with Crippen molar-refractivity contribution in [3.8, 4) is 0 Å². The average molecular weight is 376 g/mol. The largest absolute Gasteiger partial charge is 0.339 e. The first-order valence-corrected chi connectivity index (χ1v) is 10.2. The van der Waals surface area contributed by atoms with E-state index in [1.54, 1.807) is 18.7 Å². The number of aromatic nitrogens is 2. The maximum absolute atomic E-state index is 12.6. The van der Waals surface area contributed by atoms with Crippen LogP contribution in [0.2, 0.25) is 0 Å². The third-order valence-electron chi connectivity index (χ3n) is 4.73. The molecule has 1 aromatic heterocycles. The molecule has 1 fully saturated rings. The number of H-pyrrole nitrogens is 1. The van der Waals surface area contributed by atoms with Crippen molar-refractivity contribution in [2.75, 3.05) is 13.1 Å². The number of likely N-dealkylation sites (tertiary alicyclic amines) is 1. The number of carbonyl (C=O) groups excluding carboxylic acids is 1. The van der Waals surface area contributed by atoms with E-state index in [0.717, 1.165) is 5.56 Å². The fourth-order valence-electron chi connectivity index (χ4n) is 3.29. The Morgan fingerprint density at radius 3 is 2.31 bits per heavy atom. The van der Waals surface area contributed by atoms with Crippen LogP contribution in [-0.4, -0.2) is 48.6 Å². The monoisotopic (exact) mass is 376 g/mol. The number of carbonyl (C=O) groups is 1. The van der Waals surface area contributed by atoms with Gasteiger partial charge in [-0.2, -0.15) is 5.10 Å². The molecule has 3 rings (SSSR count). The van der Waals surface area contributed by atoms with Gasteiger partial charge in [0.05, 0.1) is 11.4 Å². The quantitative estimate of drug-likeness (QED) is 0.852. The molecule has 0 atom stereocenters. The lowest BCUT2D eigenvalue weighted by atomic mass is 10.0. The minimum Gasteiger partial charge on any atom is -0.339 e. The van der Waals surface area contributed by atoms with E-state index in [1.165, 1.54) is 0 Å². The van der Waals surface area contributed by atoms with E-state index in [0.29, 0.717) is 42.9 Å². The van der Waals surface area contributed by atoms with Gasteiger partial charge in [0.2, 0.25) is 10.0 Å². The minimum absolute atomic E-state index is 0.00664. The SMILES string of the molecule is Cc1ccc(C(=O)N2CCC(NS(=O)(=O)c3c(C)n[nH]c3C)CC2)cc1. The molecule has 1 aromatic carbocycles.